The lowest BCUT2D eigenvalue weighted by molar-refractivity contribution is 0.581. The van der Waals surface area contributed by atoms with Gasteiger partial charge in [0.05, 0.1) is 23.1 Å². The molecule has 0 unspecified atom stereocenters. The van der Waals surface area contributed by atoms with E-state index in [0.717, 1.165) is 27.7 Å². The topological polar surface area (TPSA) is 64.0 Å². The molecule has 0 saturated carbocycles. The van der Waals surface area contributed by atoms with Crippen molar-refractivity contribution in [1.82, 2.24) is 14.3 Å². The first-order valence-corrected chi connectivity index (χ1v) is 9.51. The van der Waals surface area contributed by atoms with Crippen molar-refractivity contribution in [3.63, 3.8) is 0 Å². The number of imidazole rings is 1. The van der Waals surface area contributed by atoms with Crippen molar-refractivity contribution in [2.45, 2.75) is 19.1 Å². The molecule has 1 heterocycles. The van der Waals surface area contributed by atoms with Gasteiger partial charge in [-0.15, -0.1) is 0 Å². The van der Waals surface area contributed by atoms with Crippen molar-refractivity contribution in [2.24, 2.45) is 7.05 Å². The second-order valence-electron chi connectivity index (χ2n) is 6.07. The van der Waals surface area contributed by atoms with Crippen LogP contribution in [0.5, 0.6) is 0 Å². The molecule has 0 aliphatic carbocycles. The number of benzene rings is 2. The molecule has 0 aliphatic heterocycles. The second kappa shape index (κ2) is 6.75. The molecule has 24 heavy (non-hydrogen) atoms. The minimum atomic E-state index is -3.33. The molecule has 0 spiro atoms. The molecule has 0 bridgehead atoms. The molecule has 0 fully saturated rings. The van der Waals surface area contributed by atoms with Crippen molar-refractivity contribution < 1.29 is 8.42 Å². The highest BCUT2D eigenvalue weighted by Crippen LogP contribution is 2.14. The van der Waals surface area contributed by atoms with Crippen molar-refractivity contribution in [2.75, 3.05) is 6.54 Å². The van der Waals surface area contributed by atoms with Crippen molar-refractivity contribution in [3.05, 3.63) is 65.5 Å². The fourth-order valence-corrected chi connectivity index (χ4v) is 3.89. The number of aromatic nitrogens is 2. The first-order valence-electron chi connectivity index (χ1n) is 7.86. The number of rotatable bonds is 6. The minimum absolute atomic E-state index is 0.00789. The minimum Gasteiger partial charge on any atom is -0.334 e. The standard InChI is InChI=1S/C18H21N3O2S/c1-14-4-3-5-16(10-14)12-24(22,23)20-9-8-15-6-7-18-17(11-15)19-13-21(18)2/h3-7,10-11,13,20H,8-9,12H2,1-2H3. The Bertz CT molecular complexity index is 961. The summed E-state index contributed by atoms with van der Waals surface area (Å²) < 4.78 is 29.0. The van der Waals surface area contributed by atoms with Gasteiger partial charge < -0.3 is 4.57 Å². The van der Waals surface area contributed by atoms with Crippen LogP contribution in [0.2, 0.25) is 0 Å². The van der Waals surface area contributed by atoms with Gasteiger partial charge in [0.25, 0.3) is 0 Å². The Morgan fingerprint density at radius 2 is 1.96 bits per heavy atom. The molecule has 0 radical (unpaired) electrons. The molecule has 3 rings (SSSR count). The number of nitrogens with one attached hydrogen (secondary N) is 1. The number of hydrogen-bond donors (Lipinski definition) is 1. The van der Waals surface area contributed by atoms with Crippen LogP contribution >= 0.6 is 0 Å². The third kappa shape index (κ3) is 4.01. The number of sulfonamides is 1. The van der Waals surface area contributed by atoms with Gasteiger partial charge in [0.2, 0.25) is 10.0 Å². The van der Waals surface area contributed by atoms with Gasteiger partial charge in [0.1, 0.15) is 0 Å². The molecule has 0 amide bonds. The predicted octanol–water partition coefficient (Wildman–Crippen LogP) is 2.54. The van der Waals surface area contributed by atoms with E-state index in [0.29, 0.717) is 13.0 Å². The summed E-state index contributed by atoms with van der Waals surface area (Å²) in [5.74, 6) is 0.00789. The Labute approximate surface area is 142 Å². The zero-order valence-electron chi connectivity index (χ0n) is 13.9. The molecule has 2 aromatic carbocycles. The van der Waals surface area contributed by atoms with Gasteiger partial charge in [0, 0.05) is 13.6 Å². The molecule has 1 N–H and O–H groups in total. The summed E-state index contributed by atoms with van der Waals surface area (Å²) in [7, 11) is -1.38. The van der Waals surface area contributed by atoms with Gasteiger partial charge in [-0.3, -0.25) is 0 Å². The molecular weight excluding hydrogens is 322 g/mol. The molecular formula is C18H21N3O2S. The predicted molar refractivity (Wildman–Crippen MR) is 96.2 cm³/mol. The highest BCUT2D eigenvalue weighted by molar-refractivity contribution is 7.88. The SMILES string of the molecule is Cc1cccc(CS(=O)(=O)NCCc2ccc3c(c2)ncn3C)c1. The quantitative estimate of drug-likeness (QED) is 0.748. The summed E-state index contributed by atoms with van der Waals surface area (Å²) in [5.41, 5.74) is 4.93. The Morgan fingerprint density at radius 1 is 1.12 bits per heavy atom. The van der Waals surface area contributed by atoms with E-state index >= 15 is 0 Å². The van der Waals surface area contributed by atoms with Gasteiger partial charge >= 0.3 is 0 Å². The lowest BCUT2D eigenvalue weighted by atomic mass is 10.1. The summed E-state index contributed by atoms with van der Waals surface area (Å²) in [6.45, 7) is 2.34. The van der Waals surface area contributed by atoms with Crippen LogP contribution in [0.25, 0.3) is 11.0 Å². The van der Waals surface area contributed by atoms with Crippen molar-refractivity contribution in [1.29, 1.82) is 0 Å². The monoisotopic (exact) mass is 343 g/mol. The Hall–Kier alpha value is -2.18. The van der Waals surface area contributed by atoms with Crippen LogP contribution in [0, 0.1) is 6.92 Å². The Balaban J connectivity index is 1.59. The van der Waals surface area contributed by atoms with Gasteiger partial charge in [-0.2, -0.15) is 0 Å². The third-order valence-electron chi connectivity index (χ3n) is 3.96. The highest BCUT2D eigenvalue weighted by atomic mass is 32.2. The molecule has 6 heteroatoms. The van der Waals surface area contributed by atoms with Crippen LogP contribution in [0.4, 0.5) is 0 Å². The van der Waals surface area contributed by atoms with Gasteiger partial charge in [-0.25, -0.2) is 18.1 Å². The third-order valence-corrected chi connectivity index (χ3v) is 5.32. The van der Waals surface area contributed by atoms with E-state index in [1.165, 1.54) is 0 Å². The number of fused-ring (bicyclic) bond motifs is 1. The van der Waals surface area contributed by atoms with Crippen molar-refractivity contribution >= 4 is 21.1 Å². The largest absolute Gasteiger partial charge is 0.334 e. The van der Waals surface area contributed by atoms with E-state index in [-0.39, 0.29) is 5.75 Å². The van der Waals surface area contributed by atoms with Gasteiger partial charge in [-0.05, 0) is 36.6 Å². The fourth-order valence-electron chi connectivity index (χ4n) is 2.76. The zero-order chi connectivity index (χ0) is 17.2. The number of aryl methyl sites for hydroxylation is 2. The van der Waals surface area contributed by atoms with Crippen molar-refractivity contribution in [3.8, 4) is 0 Å². The summed E-state index contributed by atoms with van der Waals surface area (Å²) in [6, 6.07) is 13.6. The normalized spacial score (nSPS) is 11.9. The van der Waals surface area contributed by atoms with Crippen LogP contribution in [-0.4, -0.2) is 24.5 Å². The summed E-state index contributed by atoms with van der Waals surface area (Å²) in [4.78, 5) is 4.32. The van der Waals surface area contributed by atoms with Crippen LogP contribution in [0.1, 0.15) is 16.7 Å². The molecule has 0 aliphatic rings. The fraction of sp³-hybridized carbons (Fsp3) is 0.278. The number of nitrogens with zero attached hydrogens (tertiary/aromatic N) is 2. The first kappa shape index (κ1) is 16.7. The van der Waals surface area contributed by atoms with Crippen LogP contribution in [0.15, 0.2) is 48.8 Å². The zero-order valence-corrected chi connectivity index (χ0v) is 14.7. The maximum atomic E-state index is 12.2. The van der Waals surface area contributed by atoms with Crippen LogP contribution < -0.4 is 4.72 Å². The lowest BCUT2D eigenvalue weighted by Crippen LogP contribution is -2.27. The van der Waals surface area contributed by atoms with E-state index in [4.69, 9.17) is 0 Å². The maximum absolute atomic E-state index is 12.2. The Morgan fingerprint density at radius 3 is 2.75 bits per heavy atom. The summed E-state index contributed by atoms with van der Waals surface area (Å²) >= 11 is 0. The van der Waals surface area contributed by atoms with Gasteiger partial charge in [0.15, 0.2) is 0 Å². The Kier molecular flexibility index (Phi) is 4.69. The van der Waals surface area contributed by atoms with Crippen LogP contribution in [-0.2, 0) is 29.2 Å². The molecule has 126 valence electrons. The number of hydrogen-bond acceptors (Lipinski definition) is 3. The van der Waals surface area contributed by atoms with Gasteiger partial charge in [-0.1, -0.05) is 35.9 Å². The molecule has 0 atom stereocenters. The van der Waals surface area contributed by atoms with E-state index < -0.39 is 10.0 Å². The van der Waals surface area contributed by atoms with Crippen LogP contribution in [0.3, 0.4) is 0 Å². The average Bonchev–Trinajstić information content (AvgIpc) is 2.87. The molecule has 0 saturated heterocycles. The van der Waals surface area contributed by atoms with E-state index in [1.807, 2.05) is 61.0 Å². The summed E-state index contributed by atoms with van der Waals surface area (Å²) in [6.07, 6.45) is 2.42. The smallest absolute Gasteiger partial charge is 0.215 e. The van der Waals surface area contributed by atoms with E-state index in [2.05, 4.69) is 9.71 Å². The first-order chi connectivity index (χ1) is 11.4. The second-order valence-corrected chi connectivity index (χ2v) is 7.88. The van der Waals surface area contributed by atoms with E-state index in [1.54, 1.807) is 6.33 Å². The highest BCUT2D eigenvalue weighted by Gasteiger charge is 2.11. The molecule has 1 aromatic heterocycles. The average molecular weight is 343 g/mol. The molecule has 3 aromatic rings. The van der Waals surface area contributed by atoms with E-state index in [9.17, 15) is 8.42 Å². The summed E-state index contributed by atoms with van der Waals surface area (Å²) in [5, 5.41) is 0. The lowest BCUT2D eigenvalue weighted by Gasteiger charge is -2.08. The maximum Gasteiger partial charge on any atom is 0.215 e. The molecule has 5 nitrogen and oxygen atoms in total.